The van der Waals surface area contributed by atoms with Crippen molar-refractivity contribution in [2.75, 3.05) is 25.0 Å². The molecule has 1 saturated heterocycles. The van der Waals surface area contributed by atoms with Crippen molar-refractivity contribution < 1.29 is 17.9 Å². The lowest BCUT2D eigenvalue weighted by molar-refractivity contribution is -0.116. The van der Waals surface area contributed by atoms with E-state index in [0.717, 1.165) is 30.6 Å². The Morgan fingerprint density at radius 1 is 1.07 bits per heavy atom. The van der Waals surface area contributed by atoms with Crippen LogP contribution in [0.5, 0.6) is 5.75 Å². The number of hydrogen-bond donors (Lipinski definition) is 1. The summed E-state index contributed by atoms with van der Waals surface area (Å²) in [5, 5.41) is 2.79. The number of carbonyl (C=O) groups is 1. The van der Waals surface area contributed by atoms with Gasteiger partial charge in [-0.3, -0.25) is 4.79 Å². The van der Waals surface area contributed by atoms with Gasteiger partial charge in [0, 0.05) is 25.2 Å². The van der Waals surface area contributed by atoms with Crippen LogP contribution in [-0.2, 0) is 14.8 Å². The minimum Gasteiger partial charge on any atom is -0.493 e. The molecule has 0 saturated carbocycles. The van der Waals surface area contributed by atoms with Crippen LogP contribution in [0, 0.1) is 6.92 Å². The van der Waals surface area contributed by atoms with E-state index in [0.29, 0.717) is 38.2 Å². The van der Waals surface area contributed by atoms with Crippen LogP contribution in [0.25, 0.3) is 0 Å². The first-order valence-corrected chi connectivity index (χ1v) is 11.5. The largest absolute Gasteiger partial charge is 0.493 e. The topological polar surface area (TPSA) is 75.7 Å². The summed E-state index contributed by atoms with van der Waals surface area (Å²) in [6.45, 7) is 3.54. The zero-order chi connectivity index (χ0) is 20.7. The molecule has 7 heteroatoms. The molecule has 0 atom stereocenters. The molecule has 0 radical (unpaired) electrons. The standard InChI is InChI=1S/C22H28N2O4S/c1-18-9-3-4-12-21(18)28-16-8-13-22(25)23-19-10-7-11-20(17-19)29(26,27)24-14-5-2-6-15-24/h3-4,7,9-12,17H,2,5-6,8,13-16H2,1H3,(H,23,25). The number of para-hydroxylation sites is 1. The van der Waals surface area contributed by atoms with Gasteiger partial charge in [-0.1, -0.05) is 30.7 Å². The highest BCUT2D eigenvalue weighted by atomic mass is 32.2. The van der Waals surface area contributed by atoms with Crippen molar-refractivity contribution in [3.63, 3.8) is 0 Å². The van der Waals surface area contributed by atoms with Gasteiger partial charge in [0.05, 0.1) is 11.5 Å². The molecule has 0 unspecified atom stereocenters. The molecule has 3 rings (SSSR count). The van der Waals surface area contributed by atoms with Gasteiger partial charge in [0.2, 0.25) is 15.9 Å². The van der Waals surface area contributed by atoms with Crippen LogP contribution in [0.1, 0.15) is 37.7 Å². The number of nitrogens with one attached hydrogen (secondary N) is 1. The summed E-state index contributed by atoms with van der Waals surface area (Å²) in [5.74, 6) is 0.662. The van der Waals surface area contributed by atoms with E-state index < -0.39 is 10.0 Å². The SMILES string of the molecule is Cc1ccccc1OCCCC(=O)Nc1cccc(S(=O)(=O)N2CCCCC2)c1. The average Bonchev–Trinajstić information content (AvgIpc) is 2.73. The fourth-order valence-electron chi connectivity index (χ4n) is 3.35. The van der Waals surface area contributed by atoms with Gasteiger partial charge in [-0.25, -0.2) is 8.42 Å². The predicted molar refractivity (Wildman–Crippen MR) is 114 cm³/mol. The van der Waals surface area contributed by atoms with Crippen LogP contribution in [0.4, 0.5) is 5.69 Å². The van der Waals surface area contributed by atoms with E-state index in [1.54, 1.807) is 18.2 Å². The molecular weight excluding hydrogens is 388 g/mol. The molecule has 6 nitrogen and oxygen atoms in total. The minimum absolute atomic E-state index is 0.161. The summed E-state index contributed by atoms with van der Waals surface area (Å²) in [4.78, 5) is 12.4. The number of rotatable bonds is 8. The zero-order valence-electron chi connectivity index (χ0n) is 16.8. The van der Waals surface area contributed by atoms with Crippen molar-refractivity contribution in [1.82, 2.24) is 4.31 Å². The molecule has 1 amide bonds. The predicted octanol–water partition coefficient (Wildman–Crippen LogP) is 3.97. The third-order valence-electron chi connectivity index (χ3n) is 4.97. The quantitative estimate of drug-likeness (QED) is 0.661. The number of sulfonamides is 1. The second-order valence-corrected chi connectivity index (χ2v) is 9.20. The van der Waals surface area contributed by atoms with Gasteiger partial charge in [-0.15, -0.1) is 0 Å². The summed E-state index contributed by atoms with van der Waals surface area (Å²) in [6.07, 6.45) is 3.72. The Labute approximate surface area is 172 Å². The number of anilines is 1. The molecule has 1 aliphatic rings. The average molecular weight is 417 g/mol. The molecule has 1 fully saturated rings. The maximum Gasteiger partial charge on any atom is 0.243 e. The van der Waals surface area contributed by atoms with Crippen LogP contribution < -0.4 is 10.1 Å². The fraction of sp³-hybridized carbons (Fsp3) is 0.409. The maximum atomic E-state index is 12.8. The summed E-state index contributed by atoms with van der Waals surface area (Å²) in [6, 6.07) is 14.2. The number of amides is 1. The molecule has 2 aromatic carbocycles. The van der Waals surface area contributed by atoms with Crippen molar-refractivity contribution in [2.24, 2.45) is 0 Å². The number of piperidine rings is 1. The highest BCUT2D eigenvalue weighted by molar-refractivity contribution is 7.89. The normalized spacial score (nSPS) is 15.1. The van der Waals surface area contributed by atoms with Gasteiger partial charge in [0.15, 0.2) is 0 Å². The number of hydrogen-bond acceptors (Lipinski definition) is 4. The van der Waals surface area contributed by atoms with Gasteiger partial charge >= 0.3 is 0 Å². The van der Waals surface area contributed by atoms with E-state index in [2.05, 4.69) is 5.32 Å². The fourth-order valence-corrected chi connectivity index (χ4v) is 4.91. The van der Waals surface area contributed by atoms with Gasteiger partial charge in [-0.2, -0.15) is 4.31 Å². The first-order chi connectivity index (χ1) is 14.0. The number of aryl methyl sites for hydroxylation is 1. The molecular formula is C22H28N2O4S. The summed E-state index contributed by atoms with van der Waals surface area (Å²) < 4.78 is 32.8. The third kappa shape index (κ3) is 5.81. The summed E-state index contributed by atoms with van der Waals surface area (Å²) >= 11 is 0. The Morgan fingerprint density at radius 3 is 2.59 bits per heavy atom. The van der Waals surface area contributed by atoms with Crippen molar-refractivity contribution in [1.29, 1.82) is 0 Å². The smallest absolute Gasteiger partial charge is 0.243 e. The first kappa shape index (κ1) is 21.3. The van der Waals surface area contributed by atoms with Crippen molar-refractivity contribution in [2.45, 2.75) is 43.9 Å². The van der Waals surface area contributed by atoms with E-state index in [1.807, 2.05) is 31.2 Å². The molecule has 156 valence electrons. The minimum atomic E-state index is -3.51. The zero-order valence-corrected chi connectivity index (χ0v) is 17.6. The van der Waals surface area contributed by atoms with Crippen molar-refractivity contribution in [3.05, 3.63) is 54.1 Å². The van der Waals surface area contributed by atoms with Crippen LogP contribution >= 0.6 is 0 Å². The van der Waals surface area contributed by atoms with Crippen molar-refractivity contribution in [3.8, 4) is 5.75 Å². The second-order valence-electron chi connectivity index (χ2n) is 7.26. The Morgan fingerprint density at radius 2 is 1.83 bits per heavy atom. The van der Waals surface area contributed by atoms with Crippen LogP contribution in [0.15, 0.2) is 53.4 Å². The Balaban J connectivity index is 1.51. The molecule has 1 aliphatic heterocycles. The van der Waals surface area contributed by atoms with Crippen LogP contribution in [0.2, 0.25) is 0 Å². The van der Waals surface area contributed by atoms with Gasteiger partial charge in [0.25, 0.3) is 0 Å². The lowest BCUT2D eigenvalue weighted by atomic mass is 10.2. The lowest BCUT2D eigenvalue weighted by Crippen LogP contribution is -2.35. The van der Waals surface area contributed by atoms with Gasteiger partial charge < -0.3 is 10.1 Å². The third-order valence-corrected chi connectivity index (χ3v) is 6.86. The number of carbonyl (C=O) groups excluding carboxylic acids is 1. The number of benzene rings is 2. The molecule has 1 N–H and O–H groups in total. The highest BCUT2D eigenvalue weighted by Crippen LogP contribution is 2.23. The van der Waals surface area contributed by atoms with E-state index in [4.69, 9.17) is 4.74 Å². The van der Waals surface area contributed by atoms with E-state index >= 15 is 0 Å². The molecule has 0 spiro atoms. The van der Waals surface area contributed by atoms with Crippen molar-refractivity contribution >= 4 is 21.6 Å². The highest BCUT2D eigenvalue weighted by Gasteiger charge is 2.26. The number of nitrogens with zero attached hydrogens (tertiary/aromatic N) is 1. The van der Waals surface area contributed by atoms with E-state index in [1.165, 1.54) is 10.4 Å². The Bertz CT molecular complexity index is 937. The molecule has 29 heavy (non-hydrogen) atoms. The molecule has 0 aliphatic carbocycles. The lowest BCUT2D eigenvalue weighted by Gasteiger charge is -2.26. The Hall–Kier alpha value is -2.38. The molecule has 2 aromatic rings. The second kappa shape index (κ2) is 9.89. The monoisotopic (exact) mass is 416 g/mol. The summed E-state index contributed by atoms with van der Waals surface area (Å²) in [7, 11) is -3.51. The molecule has 0 bridgehead atoms. The maximum absolute atomic E-state index is 12.8. The molecule has 0 aromatic heterocycles. The number of ether oxygens (including phenoxy) is 1. The van der Waals surface area contributed by atoms with Crippen LogP contribution in [0.3, 0.4) is 0 Å². The first-order valence-electron chi connectivity index (χ1n) is 10.1. The molecule has 1 heterocycles. The Kier molecular flexibility index (Phi) is 7.28. The van der Waals surface area contributed by atoms with Crippen LogP contribution in [-0.4, -0.2) is 38.3 Å². The van der Waals surface area contributed by atoms with E-state index in [9.17, 15) is 13.2 Å². The summed E-state index contributed by atoms with van der Waals surface area (Å²) in [5.41, 5.74) is 1.55. The van der Waals surface area contributed by atoms with Gasteiger partial charge in [-0.05, 0) is 56.0 Å². The van der Waals surface area contributed by atoms with E-state index in [-0.39, 0.29) is 10.8 Å². The van der Waals surface area contributed by atoms with Gasteiger partial charge in [0.1, 0.15) is 5.75 Å².